The van der Waals surface area contributed by atoms with Gasteiger partial charge in [-0.2, -0.15) is 4.31 Å². The van der Waals surface area contributed by atoms with Gasteiger partial charge in [-0.25, -0.2) is 12.8 Å². The van der Waals surface area contributed by atoms with Gasteiger partial charge in [-0.3, -0.25) is 4.79 Å². The van der Waals surface area contributed by atoms with Gasteiger partial charge in [-0.1, -0.05) is 5.16 Å². The van der Waals surface area contributed by atoms with Crippen molar-refractivity contribution in [1.82, 2.24) is 14.4 Å². The highest BCUT2D eigenvalue weighted by Crippen LogP contribution is 2.22. The van der Waals surface area contributed by atoms with Crippen LogP contribution in [0.25, 0.3) is 0 Å². The lowest BCUT2D eigenvalue weighted by molar-refractivity contribution is 0.0754. The molecule has 1 aromatic carbocycles. The molecule has 1 amide bonds. The Morgan fingerprint density at radius 1 is 1.15 bits per heavy atom. The average Bonchev–Trinajstić information content (AvgIpc) is 2.86. The zero-order valence-electron chi connectivity index (χ0n) is 14.6. The molecule has 0 aliphatic carbocycles. The summed E-state index contributed by atoms with van der Waals surface area (Å²) >= 11 is 0. The largest absolute Gasteiger partial charge is 0.361 e. The number of carbonyl (C=O) groups excluding carboxylic acids is 1. The first kappa shape index (κ1) is 18.5. The molecule has 2 aromatic rings. The molecule has 9 heteroatoms. The molecule has 0 radical (unpaired) electrons. The minimum atomic E-state index is -3.75. The predicted molar refractivity (Wildman–Crippen MR) is 91.7 cm³/mol. The topological polar surface area (TPSA) is 83.7 Å². The first-order chi connectivity index (χ1) is 12.3. The Bertz CT molecular complexity index is 926. The lowest BCUT2D eigenvalue weighted by Gasteiger charge is -2.22. The second-order valence-electron chi connectivity index (χ2n) is 6.28. The SMILES string of the molecule is Cc1cc(C(=O)N2CCCN(S(=O)(=O)c3ccc(F)cc3C)CC2)no1. The molecule has 3 rings (SSSR count). The monoisotopic (exact) mass is 381 g/mol. The number of aryl methyl sites for hydroxylation is 2. The standard InChI is InChI=1S/C17H20FN3O4S/c1-12-10-14(18)4-5-16(12)26(23,24)21-7-3-6-20(8-9-21)17(22)15-11-13(2)25-19-15/h4-5,10-11H,3,6-9H2,1-2H3. The van der Waals surface area contributed by atoms with E-state index in [1.807, 2.05) is 0 Å². The number of carbonyl (C=O) groups is 1. The highest BCUT2D eigenvalue weighted by molar-refractivity contribution is 7.89. The summed E-state index contributed by atoms with van der Waals surface area (Å²) in [5, 5.41) is 3.72. The van der Waals surface area contributed by atoms with Gasteiger partial charge in [0.2, 0.25) is 10.0 Å². The van der Waals surface area contributed by atoms with Crippen molar-refractivity contribution in [3.8, 4) is 0 Å². The van der Waals surface area contributed by atoms with Crippen molar-refractivity contribution < 1.29 is 22.1 Å². The number of aromatic nitrogens is 1. The van der Waals surface area contributed by atoms with Crippen LogP contribution < -0.4 is 0 Å². The van der Waals surface area contributed by atoms with E-state index in [1.165, 1.54) is 16.4 Å². The molecule has 1 fully saturated rings. The van der Waals surface area contributed by atoms with Crippen molar-refractivity contribution in [2.24, 2.45) is 0 Å². The number of halogens is 1. The maximum atomic E-state index is 13.3. The van der Waals surface area contributed by atoms with E-state index in [9.17, 15) is 17.6 Å². The molecule has 1 saturated heterocycles. The first-order valence-corrected chi connectivity index (χ1v) is 9.72. The second-order valence-corrected chi connectivity index (χ2v) is 8.19. The quantitative estimate of drug-likeness (QED) is 0.812. The van der Waals surface area contributed by atoms with E-state index >= 15 is 0 Å². The number of hydrogen-bond donors (Lipinski definition) is 0. The fraction of sp³-hybridized carbons (Fsp3) is 0.412. The predicted octanol–water partition coefficient (Wildman–Crippen LogP) is 1.97. The van der Waals surface area contributed by atoms with Crippen LogP contribution in [0.15, 0.2) is 33.7 Å². The minimum absolute atomic E-state index is 0.0887. The molecule has 7 nitrogen and oxygen atoms in total. The Balaban J connectivity index is 1.76. The van der Waals surface area contributed by atoms with Crippen molar-refractivity contribution in [2.45, 2.75) is 25.2 Å². The Hall–Kier alpha value is -2.26. The van der Waals surface area contributed by atoms with Crippen LogP contribution >= 0.6 is 0 Å². The summed E-state index contributed by atoms with van der Waals surface area (Å²) in [5.74, 6) is -0.213. The molecule has 26 heavy (non-hydrogen) atoms. The smallest absolute Gasteiger partial charge is 0.276 e. The normalized spacial score (nSPS) is 16.5. The molecule has 0 atom stereocenters. The van der Waals surface area contributed by atoms with E-state index < -0.39 is 15.8 Å². The van der Waals surface area contributed by atoms with Gasteiger partial charge >= 0.3 is 0 Å². The van der Waals surface area contributed by atoms with Crippen molar-refractivity contribution in [1.29, 1.82) is 0 Å². The molecular weight excluding hydrogens is 361 g/mol. The molecule has 0 spiro atoms. The number of rotatable bonds is 3. The highest BCUT2D eigenvalue weighted by Gasteiger charge is 2.30. The first-order valence-electron chi connectivity index (χ1n) is 8.28. The van der Waals surface area contributed by atoms with Crippen molar-refractivity contribution in [3.63, 3.8) is 0 Å². The zero-order valence-corrected chi connectivity index (χ0v) is 15.4. The van der Waals surface area contributed by atoms with Crippen LogP contribution in [-0.4, -0.2) is 54.9 Å². The molecule has 1 aliphatic rings. The van der Waals surface area contributed by atoms with Gasteiger partial charge in [-0.15, -0.1) is 0 Å². The number of hydrogen-bond acceptors (Lipinski definition) is 5. The van der Waals surface area contributed by atoms with Gasteiger partial charge in [0.1, 0.15) is 11.6 Å². The van der Waals surface area contributed by atoms with Crippen LogP contribution in [0.5, 0.6) is 0 Å². The molecule has 1 aromatic heterocycles. The van der Waals surface area contributed by atoms with Crippen LogP contribution in [0, 0.1) is 19.7 Å². The molecule has 0 bridgehead atoms. The van der Waals surface area contributed by atoms with E-state index in [4.69, 9.17) is 4.52 Å². The summed E-state index contributed by atoms with van der Waals surface area (Å²) in [6, 6.07) is 5.18. The Labute approximate surface area is 151 Å². The summed E-state index contributed by atoms with van der Waals surface area (Å²) in [6.45, 7) is 4.41. The van der Waals surface area contributed by atoms with Gasteiger partial charge in [0, 0.05) is 32.2 Å². The molecule has 0 unspecified atom stereocenters. The van der Waals surface area contributed by atoms with E-state index in [2.05, 4.69) is 5.16 Å². The van der Waals surface area contributed by atoms with E-state index in [-0.39, 0.29) is 29.6 Å². The van der Waals surface area contributed by atoms with E-state index in [0.717, 1.165) is 6.07 Å². The number of benzene rings is 1. The van der Waals surface area contributed by atoms with E-state index in [0.29, 0.717) is 30.8 Å². The van der Waals surface area contributed by atoms with E-state index in [1.54, 1.807) is 24.8 Å². The minimum Gasteiger partial charge on any atom is -0.361 e. The zero-order chi connectivity index (χ0) is 18.9. The van der Waals surface area contributed by atoms with Crippen molar-refractivity contribution >= 4 is 15.9 Å². The summed E-state index contributed by atoms with van der Waals surface area (Å²) in [7, 11) is -3.75. The maximum Gasteiger partial charge on any atom is 0.276 e. The van der Waals surface area contributed by atoms with Crippen molar-refractivity contribution in [2.75, 3.05) is 26.2 Å². The third-order valence-corrected chi connectivity index (χ3v) is 6.40. The third kappa shape index (κ3) is 3.63. The molecule has 1 aliphatic heterocycles. The van der Waals surface area contributed by atoms with Gasteiger partial charge in [0.25, 0.3) is 5.91 Å². The van der Waals surface area contributed by atoms with Crippen LogP contribution in [0.2, 0.25) is 0 Å². The third-order valence-electron chi connectivity index (χ3n) is 4.34. The van der Waals surface area contributed by atoms with Crippen LogP contribution in [0.3, 0.4) is 0 Å². The van der Waals surface area contributed by atoms with Gasteiger partial charge in [0.05, 0.1) is 4.90 Å². The maximum absolute atomic E-state index is 13.3. The summed E-state index contributed by atoms with van der Waals surface area (Å²) in [6.07, 6.45) is 0.502. The molecule has 2 heterocycles. The summed E-state index contributed by atoms with van der Waals surface area (Å²) in [5.41, 5.74) is 0.577. The fourth-order valence-corrected chi connectivity index (χ4v) is 4.68. The average molecular weight is 381 g/mol. The number of amides is 1. The van der Waals surface area contributed by atoms with Crippen LogP contribution in [0.4, 0.5) is 4.39 Å². The Morgan fingerprint density at radius 3 is 2.58 bits per heavy atom. The summed E-state index contributed by atoms with van der Waals surface area (Å²) < 4.78 is 45.3. The lowest BCUT2D eigenvalue weighted by atomic mass is 10.2. The Kier molecular flexibility index (Phi) is 5.10. The number of nitrogens with zero attached hydrogens (tertiary/aromatic N) is 3. The molecule has 0 saturated carbocycles. The van der Waals surface area contributed by atoms with Crippen LogP contribution in [0.1, 0.15) is 28.2 Å². The fourth-order valence-electron chi connectivity index (χ4n) is 3.01. The Morgan fingerprint density at radius 2 is 1.92 bits per heavy atom. The second kappa shape index (κ2) is 7.16. The van der Waals surface area contributed by atoms with Gasteiger partial charge < -0.3 is 9.42 Å². The molecular formula is C17H20FN3O4S. The number of sulfonamides is 1. The van der Waals surface area contributed by atoms with Crippen molar-refractivity contribution in [3.05, 3.63) is 47.1 Å². The van der Waals surface area contributed by atoms with Crippen LogP contribution in [-0.2, 0) is 10.0 Å². The molecule has 140 valence electrons. The summed E-state index contributed by atoms with van der Waals surface area (Å²) in [4.78, 5) is 14.1. The highest BCUT2D eigenvalue weighted by atomic mass is 32.2. The van der Waals surface area contributed by atoms with Gasteiger partial charge in [0.15, 0.2) is 5.69 Å². The molecule has 0 N–H and O–H groups in total. The van der Waals surface area contributed by atoms with Gasteiger partial charge in [-0.05, 0) is 44.0 Å². The lowest BCUT2D eigenvalue weighted by Crippen LogP contribution is -2.37.